The third-order valence-electron chi connectivity index (χ3n) is 2.15. The van der Waals surface area contributed by atoms with Crippen LogP contribution in [0.15, 0.2) is 0 Å². The standard InChI is InChI=1S/C10H20N2O2/c1-9(2,3)14-8(13)12-10(4)6-5-7-11-10/h11H,5-7H2,1-4H3,(H,12,13). The van der Waals surface area contributed by atoms with E-state index in [1.807, 2.05) is 27.7 Å². The maximum Gasteiger partial charge on any atom is 0.409 e. The maximum absolute atomic E-state index is 11.4. The first-order valence-corrected chi connectivity index (χ1v) is 5.07. The van der Waals surface area contributed by atoms with E-state index < -0.39 is 5.60 Å². The van der Waals surface area contributed by atoms with Crippen molar-refractivity contribution in [3.8, 4) is 0 Å². The Labute approximate surface area is 85.4 Å². The van der Waals surface area contributed by atoms with Crippen molar-refractivity contribution >= 4 is 6.09 Å². The third-order valence-corrected chi connectivity index (χ3v) is 2.15. The van der Waals surface area contributed by atoms with Crippen molar-refractivity contribution in [3.05, 3.63) is 0 Å². The summed E-state index contributed by atoms with van der Waals surface area (Å²) in [5.41, 5.74) is -0.721. The number of nitrogens with one attached hydrogen (secondary N) is 2. The summed E-state index contributed by atoms with van der Waals surface area (Å²) in [4.78, 5) is 11.4. The zero-order valence-electron chi connectivity index (χ0n) is 9.44. The quantitative estimate of drug-likeness (QED) is 0.676. The first-order valence-electron chi connectivity index (χ1n) is 5.07. The monoisotopic (exact) mass is 200 g/mol. The molecule has 14 heavy (non-hydrogen) atoms. The van der Waals surface area contributed by atoms with Crippen LogP contribution in [0, 0.1) is 0 Å². The van der Waals surface area contributed by atoms with Gasteiger partial charge in [-0.2, -0.15) is 0 Å². The Morgan fingerprint density at radius 2 is 2.14 bits per heavy atom. The zero-order valence-corrected chi connectivity index (χ0v) is 9.44. The number of amides is 1. The van der Waals surface area contributed by atoms with Crippen LogP contribution in [0.5, 0.6) is 0 Å². The topological polar surface area (TPSA) is 50.4 Å². The van der Waals surface area contributed by atoms with Crippen molar-refractivity contribution in [1.29, 1.82) is 0 Å². The lowest BCUT2D eigenvalue weighted by Crippen LogP contribution is -2.53. The lowest BCUT2D eigenvalue weighted by Gasteiger charge is -2.28. The van der Waals surface area contributed by atoms with Crippen LogP contribution in [0.3, 0.4) is 0 Å². The molecule has 0 radical (unpaired) electrons. The molecule has 0 spiro atoms. The lowest BCUT2D eigenvalue weighted by atomic mass is 10.1. The molecule has 0 aromatic rings. The largest absolute Gasteiger partial charge is 0.444 e. The molecule has 82 valence electrons. The van der Waals surface area contributed by atoms with Gasteiger partial charge in [0.25, 0.3) is 0 Å². The van der Waals surface area contributed by atoms with Crippen molar-refractivity contribution in [1.82, 2.24) is 10.6 Å². The molecule has 4 nitrogen and oxygen atoms in total. The van der Waals surface area contributed by atoms with E-state index in [9.17, 15) is 4.79 Å². The minimum atomic E-state index is -0.432. The first-order chi connectivity index (χ1) is 6.31. The van der Waals surface area contributed by atoms with Crippen LogP contribution in [0.1, 0.15) is 40.5 Å². The fraction of sp³-hybridized carbons (Fsp3) is 0.900. The van der Waals surface area contributed by atoms with E-state index in [4.69, 9.17) is 4.74 Å². The summed E-state index contributed by atoms with van der Waals surface area (Å²) in [6.45, 7) is 8.50. The average molecular weight is 200 g/mol. The van der Waals surface area contributed by atoms with E-state index in [1.165, 1.54) is 0 Å². The number of ether oxygens (including phenoxy) is 1. The number of hydrogen-bond donors (Lipinski definition) is 2. The lowest BCUT2D eigenvalue weighted by molar-refractivity contribution is 0.0454. The second-order valence-electron chi connectivity index (χ2n) is 4.99. The van der Waals surface area contributed by atoms with E-state index in [0.717, 1.165) is 19.4 Å². The highest BCUT2D eigenvalue weighted by Crippen LogP contribution is 2.16. The molecule has 1 amide bonds. The third kappa shape index (κ3) is 3.54. The first kappa shape index (κ1) is 11.3. The van der Waals surface area contributed by atoms with Crippen LogP contribution >= 0.6 is 0 Å². The van der Waals surface area contributed by atoms with Gasteiger partial charge in [0, 0.05) is 0 Å². The van der Waals surface area contributed by atoms with Crippen molar-refractivity contribution in [3.63, 3.8) is 0 Å². The molecule has 0 aliphatic carbocycles. The highest BCUT2D eigenvalue weighted by molar-refractivity contribution is 5.68. The fourth-order valence-electron chi connectivity index (χ4n) is 1.53. The van der Waals surface area contributed by atoms with E-state index >= 15 is 0 Å². The van der Waals surface area contributed by atoms with E-state index in [0.29, 0.717) is 0 Å². The number of carbonyl (C=O) groups is 1. The molecule has 1 rings (SSSR count). The van der Waals surface area contributed by atoms with Gasteiger partial charge >= 0.3 is 6.09 Å². The van der Waals surface area contributed by atoms with Crippen molar-refractivity contribution < 1.29 is 9.53 Å². The molecule has 1 aliphatic rings. The number of alkyl carbamates (subject to hydrolysis) is 1. The molecule has 0 aromatic carbocycles. The van der Waals surface area contributed by atoms with E-state index in [2.05, 4.69) is 10.6 Å². The van der Waals surface area contributed by atoms with Crippen LogP contribution in [-0.2, 0) is 4.74 Å². The van der Waals surface area contributed by atoms with Crippen LogP contribution in [-0.4, -0.2) is 23.9 Å². The fourth-order valence-corrected chi connectivity index (χ4v) is 1.53. The highest BCUT2D eigenvalue weighted by atomic mass is 16.6. The van der Waals surface area contributed by atoms with Crippen molar-refractivity contribution in [2.75, 3.05) is 6.54 Å². The molecule has 1 heterocycles. The smallest absolute Gasteiger partial charge is 0.409 e. The molecule has 4 heteroatoms. The van der Waals surface area contributed by atoms with Crippen LogP contribution < -0.4 is 10.6 Å². The Balaban J connectivity index is 2.40. The van der Waals surface area contributed by atoms with Crippen LogP contribution in [0.2, 0.25) is 0 Å². The van der Waals surface area contributed by atoms with E-state index in [-0.39, 0.29) is 11.8 Å². The summed E-state index contributed by atoms with van der Waals surface area (Å²) in [6.07, 6.45) is 1.69. The van der Waals surface area contributed by atoms with Gasteiger partial charge in [-0.25, -0.2) is 4.79 Å². The summed E-state index contributed by atoms with van der Waals surface area (Å²) in [5.74, 6) is 0. The number of rotatable bonds is 1. The molecule has 1 fully saturated rings. The molecule has 1 unspecified atom stereocenters. The zero-order chi connectivity index (χ0) is 10.8. The van der Waals surface area contributed by atoms with Gasteiger partial charge in [0.15, 0.2) is 0 Å². The van der Waals surface area contributed by atoms with Gasteiger partial charge in [0.1, 0.15) is 5.60 Å². The molecule has 0 saturated carbocycles. The summed E-state index contributed by atoms with van der Waals surface area (Å²) < 4.78 is 5.17. The van der Waals surface area contributed by atoms with Gasteiger partial charge in [0.2, 0.25) is 0 Å². The Hall–Kier alpha value is -0.770. The summed E-state index contributed by atoms with van der Waals surface area (Å²) in [7, 11) is 0. The second kappa shape index (κ2) is 3.77. The van der Waals surface area contributed by atoms with Crippen LogP contribution in [0.4, 0.5) is 4.79 Å². The summed E-state index contributed by atoms with van der Waals surface area (Å²) >= 11 is 0. The van der Waals surface area contributed by atoms with E-state index in [1.54, 1.807) is 0 Å². The van der Waals surface area contributed by atoms with Gasteiger partial charge < -0.3 is 10.1 Å². The van der Waals surface area contributed by atoms with Crippen LogP contribution in [0.25, 0.3) is 0 Å². The Morgan fingerprint density at radius 3 is 2.57 bits per heavy atom. The highest BCUT2D eigenvalue weighted by Gasteiger charge is 2.31. The molecule has 1 atom stereocenters. The van der Waals surface area contributed by atoms with Crippen molar-refractivity contribution in [2.45, 2.75) is 51.8 Å². The minimum absolute atomic E-state index is 0.289. The predicted octanol–water partition coefficient (Wildman–Crippen LogP) is 1.61. The predicted molar refractivity (Wildman–Crippen MR) is 55.0 cm³/mol. The normalized spacial score (nSPS) is 27.4. The maximum atomic E-state index is 11.4. The number of hydrogen-bond acceptors (Lipinski definition) is 3. The molecule has 2 N–H and O–H groups in total. The molecular weight excluding hydrogens is 180 g/mol. The molecular formula is C10H20N2O2. The van der Waals surface area contributed by atoms with Crippen molar-refractivity contribution in [2.24, 2.45) is 0 Å². The number of carbonyl (C=O) groups excluding carboxylic acids is 1. The van der Waals surface area contributed by atoms with Gasteiger partial charge in [-0.05, 0) is 47.1 Å². The second-order valence-corrected chi connectivity index (χ2v) is 4.99. The molecule has 0 bridgehead atoms. The Bertz CT molecular complexity index is 215. The Morgan fingerprint density at radius 1 is 1.50 bits per heavy atom. The van der Waals surface area contributed by atoms with Gasteiger partial charge in [0.05, 0.1) is 5.66 Å². The average Bonchev–Trinajstić information content (AvgIpc) is 2.30. The Kier molecular flexibility index (Phi) is 3.04. The molecule has 1 aliphatic heterocycles. The summed E-state index contributed by atoms with van der Waals surface area (Å²) in [5, 5.41) is 6.08. The molecule has 0 aromatic heterocycles. The van der Waals surface area contributed by atoms with Gasteiger partial charge in [-0.15, -0.1) is 0 Å². The SMILES string of the molecule is CC1(NC(=O)OC(C)(C)C)CCCN1. The summed E-state index contributed by atoms with van der Waals surface area (Å²) in [6, 6.07) is 0. The molecule has 1 saturated heterocycles. The van der Waals surface area contributed by atoms with Gasteiger partial charge in [-0.3, -0.25) is 5.32 Å². The minimum Gasteiger partial charge on any atom is -0.444 e. The van der Waals surface area contributed by atoms with Gasteiger partial charge in [-0.1, -0.05) is 0 Å².